The minimum Gasteiger partial charge on any atom is -0.461 e. The maximum Gasteiger partial charge on any atom is 0.356 e. The quantitative estimate of drug-likeness (QED) is 0.205. The first-order valence-corrected chi connectivity index (χ1v) is 11.7. The van der Waals surface area contributed by atoms with E-state index in [1.807, 2.05) is 48.7 Å². The highest BCUT2D eigenvalue weighted by Gasteiger charge is 2.16. The summed E-state index contributed by atoms with van der Waals surface area (Å²) in [4.78, 5) is 21.2. The summed E-state index contributed by atoms with van der Waals surface area (Å²) in [6, 6.07) is 20.0. The van der Waals surface area contributed by atoms with Crippen molar-refractivity contribution in [3.8, 4) is 0 Å². The van der Waals surface area contributed by atoms with Gasteiger partial charge in [-0.05, 0) is 55.2 Å². The second-order valence-corrected chi connectivity index (χ2v) is 8.79. The van der Waals surface area contributed by atoms with Gasteiger partial charge in [0, 0.05) is 40.3 Å². The Labute approximate surface area is 203 Å². The molecule has 3 aromatic heterocycles. The fraction of sp³-hybridized carbons (Fsp3) is 0.179. The third-order valence-electron chi connectivity index (χ3n) is 5.96. The summed E-state index contributed by atoms with van der Waals surface area (Å²) in [6.45, 7) is 3.01. The normalized spacial score (nSPS) is 11.2. The molecular formula is C28H24ClN3O2. The van der Waals surface area contributed by atoms with Crippen LogP contribution in [0, 0.1) is 6.92 Å². The highest BCUT2D eigenvalue weighted by molar-refractivity contribution is 6.31. The van der Waals surface area contributed by atoms with E-state index in [4.69, 9.17) is 16.3 Å². The lowest BCUT2D eigenvalue weighted by atomic mass is 10.1. The Kier molecular flexibility index (Phi) is 6.28. The molecule has 0 bridgehead atoms. The lowest BCUT2D eigenvalue weighted by Crippen LogP contribution is -2.09. The Bertz CT molecular complexity index is 1480. The maximum absolute atomic E-state index is 12.7. The Morgan fingerprint density at radius 3 is 2.74 bits per heavy atom. The van der Waals surface area contributed by atoms with Crippen LogP contribution in [-0.4, -0.2) is 27.1 Å². The van der Waals surface area contributed by atoms with E-state index >= 15 is 0 Å². The molecule has 0 unspecified atom stereocenters. The van der Waals surface area contributed by atoms with Crippen molar-refractivity contribution >= 4 is 39.4 Å². The number of hydrogen-bond acceptors (Lipinski definition) is 4. The fourth-order valence-corrected chi connectivity index (χ4v) is 4.46. The van der Waals surface area contributed by atoms with Crippen molar-refractivity contribution in [1.82, 2.24) is 14.5 Å². The van der Waals surface area contributed by atoms with Crippen molar-refractivity contribution in [3.63, 3.8) is 0 Å². The Morgan fingerprint density at radius 2 is 1.88 bits per heavy atom. The minimum atomic E-state index is -0.411. The molecule has 170 valence electrons. The third kappa shape index (κ3) is 4.52. The SMILES string of the molecule is Cc1ccc(Cl)c(Cn2c3ccccc3c3cc(C(=O)OCCCc4cccnc4)ncc32)c1. The number of aryl methyl sites for hydroxylation is 2. The summed E-state index contributed by atoms with van der Waals surface area (Å²) in [6.07, 6.45) is 6.87. The van der Waals surface area contributed by atoms with Crippen LogP contribution in [0.3, 0.4) is 0 Å². The topological polar surface area (TPSA) is 57.0 Å². The summed E-state index contributed by atoms with van der Waals surface area (Å²) in [5, 5.41) is 2.77. The van der Waals surface area contributed by atoms with E-state index in [2.05, 4.69) is 39.7 Å². The number of esters is 1. The number of ether oxygens (including phenoxy) is 1. The van der Waals surface area contributed by atoms with Gasteiger partial charge in [-0.3, -0.25) is 4.98 Å². The van der Waals surface area contributed by atoms with E-state index in [-0.39, 0.29) is 0 Å². The molecule has 0 N–H and O–H groups in total. The average molecular weight is 470 g/mol. The number of halogens is 1. The zero-order valence-electron chi connectivity index (χ0n) is 18.9. The van der Waals surface area contributed by atoms with Gasteiger partial charge in [0.05, 0.1) is 18.3 Å². The molecule has 0 saturated carbocycles. The van der Waals surface area contributed by atoms with Crippen LogP contribution in [0.2, 0.25) is 5.02 Å². The first kappa shape index (κ1) is 22.1. The van der Waals surface area contributed by atoms with Gasteiger partial charge < -0.3 is 9.30 Å². The molecule has 0 fully saturated rings. The van der Waals surface area contributed by atoms with Crippen molar-refractivity contribution in [2.24, 2.45) is 0 Å². The van der Waals surface area contributed by atoms with Crippen LogP contribution in [0.25, 0.3) is 21.8 Å². The minimum absolute atomic E-state index is 0.311. The van der Waals surface area contributed by atoms with E-state index in [1.165, 1.54) is 0 Å². The van der Waals surface area contributed by atoms with Crippen LogP contribution in [0.1, 0.15) is 33.6 Å². The predicted molar refractivity (Wildman–Crippen MR) is 135 cm³/mol. The molecule has 3 heterocycles. The smallest absolute Gasteiger partial charge is 0.356 e. The summed E-state index contributed by atoms with van der Waals surface area (Å²) < 4.78 is 7.69. The maximum atomic E-state index is 12.7. The van der Waals surface area contributed by atoms with Gasteiger partial charge in [0.1, 0.15) is 5.69 Å². The molecule has 0 radical (unpaired) electrons. The van der Waals surface area contributed by atoms with Gasteiger partial charge in [-0.1, -0.05) is 53.6 Å². The first-order valence-electron chi connectivity index (χ1n) is 11.3. The number of carbonyl (C=O) groups excluding carboxylic acids is 1. The van der Waals surface area contributed by atoms with Crippen LogP contribution < -0.4 is 0 Å². The van der Waals surface area contributed by atoms with Crippen LogP contribution in [-0.2, 0) is 17.7 Å². The molecule has 0 aliphatic carbocycles. The molecule has 0 amide bonds. The standard InChI is InChI=1S/C28H24ClN3O2/c1-19-10-11-24(29)21(14-19)18-32-26-9-3-2-8-22(26)23-15-25(31-17-27(23)32)28(33)34-13-5-7-20-6-4-12-30-16-20/h2-4,6,8-12,14-17H,5,7,13,18H2,1H3. The molecule has 0 aliphatic heterocycles. The number of fused-ring (bicyclic) bond motifs is 3. The molecular weight excluding hydrogens is 446 g/mol. The molecule has 5 aromatic rings. The molecule has 5 nitrogen and oxygen atoms in total. The molecule has 34 heavy (non-hydrogen) atoms. The zero-order valence-corrected chi connectivity index (χ0v) is 19.6. The first-order chi connectivity index (χ1) is 16.6. The van der Waals surface area contributed by atoms with Gasteiger partial charge in [0.2, 0.25) is 0 Å². The molecule has 0 spiro atoms. The van der Waals surface area contributed by atoms with E-state index in [0.29, 0.717) is 18.8 Å². The largest absolute Gasteiger partial charge is 0.461 e. The second kappa shape index (κ2) is 9.65. The van der Waals surface area contributed by atoms with E-state index < -0.39 is 5.97 Å². The van der Waals surface area contributed by atoms with Gasteiger partial charge in [0.25, 0.3) is 0 Å². The number of pyridine rings is 2. The lowest BCUT2D eigenvalue weighted by Gasteiger charge is -2.10. The number of para-hydroxylation sites is 1. The highest BCUT2D eigenvalue weighted by Crippen LogP contribution is 2.31. The molecule has 0 saturated heterocycles. The van der Waals surface area contributed by atoms with Crippen molar-refractivity contribution in [1.29, 1.82) is 0 Å². The Hall–Kier alpha value is -3.70. The van der Waals surface area contributed by atoms with Crippen LogP contribution in [0.5, 0.6) is 0 Å². The number of benzene rings is 2. The highest BCUT2D eigenvalue weighted by atomic mass is 35.5. The Morgan fingerprint density at radius 1 is 1.00 bits per heavy atom. The second-order valence-electron chi connectivity index (χ2n) is 8.39. The van der Waals surface area contributed by atoms with Gasteiger partial charge in [-0.25, -0.2) is 9.78 Å². The van der Waals surface area contributed by atoms with Gasteiger partial charge in [-0.2, -0.15) is 0 Å². The summed E-state index contributed by atoms with van der Waals surface area (Å²) in [5.41, 5.74) is 5.66. The summed E-state index contributed by atoms with van der Waals surface area (Å²) >= 11 is 6.49. The molecule has 0 aliphatic rings. The number of nitrogens with zero attached hydrogens (tertiary/aromatic N) is 3. The van der Waals surface area contributed by atoms with Crippen LogP contribution in [0.4, 0.5) is 0 Å². The van der Waals surface area contributed by atoms with Gasteiger partial charge in [0.15, 0.2) is 0 Å². The Balaban J connectivity index is 1.40. The van der Waals surface area contributed by atoms with Crippen molar-refractivity contribution in [3.05, 3.63) is 107 Å². The third-order valence-corrected chi connectivity index (χ3v) is 6.33. The van der Waals surface area contributed by atoms with Crippen molar-refractivity contribution in [2.75, 3.05) is 6.61 Å². The monoisotopic (exact) mass is 469 g/mol. The summed E-state index contributed by atoms with van der Waals surface area (Å²) in [7, 11) is 0. The van der Waals surface area contributed by atoms with E-state index in [9.17, 15) is 4.79 Å². The van der Waals surface area contributed by atoms with Gasteiger partial charge >= 0.3 is 5.97 Å². The number of carbonyl (C=O) groups is 1. The molecule has 2 aromatic carbocycles. The number of aromatic nitrogens is 3. The van der Waals surface area contributed by atoms with Crippen LogP contribution >= 0.6 is 11.6 Å². The van der Waals surface area contributed by atoms with Gasteiger partial charge in [-0.15, -0.1) is 0 Å². The lowest BCUT2D eigenvalue weighted by molar-refractivity contribution is 0.0494. The van der Waals surface area contributed by atoms with Crippen molar-refractivity contribution < 1.29 is 9.53 Å². The van der Waals surface area contributed by atoms with E-state index in [0.717, 1.165) is 56.4 Å². The zero-order chi connectivity index (χ0) is 23.5. The van der Waals surface area contributed by atoms with Crippen LogP contribution in [0.15, 0.2) is 79.3 Å². The van der Waals surface area contributed by atoms with E-state index in [1.54, 1.807) is 12.4 Å². The fourth-order valence-electron chi connectivity index (χ4n) is 4.28. The molecule has 0 atom stereocenters. The number of rotatable bonds is 7. The molecule has 6 heteroatoms. The average Bonchev–Trinajstić information content (AvgIpc) is 3.17. The molecule has 5 rings (SSSR count). The predicted octanol–water partition coefficient (Wildman–Crippen LogP) is 6.38. The number of hydrogen-bond donors (Lipinski definition) is 0. The summed E-state index contributed by atoms with van der Waals surface area (Å²) in [5.74, 6) is -0.411. The van der Waals surface area contributed by atoms with Crippen molar-refractivity contribution in [2.45, 2.75) is 26.3 Å².